The van der Waals surface area contributed by atoms with Crippen molar-refractivity contribution in [1.82, 2.24) is 0 Å². The molecule has 3 rings (SSSR count). The van der Waals surface area contributed by atoms with Crippen molar-refractivity contribution in [2.24, 2.45) is 0 Å². The van der Waals surface area contributed by atoms with Crippen molar-refractivity contribution in [2.45, 2.75) is 13.8 Å². The predicted molar refractivity (Wildman–Crippen MR) is 119 cm³/mol. The predicted octanol–water partition coefficient (Wildman–Crippen LogP) is 4.88. The second kappa shape index (κ2) is 12.3. The van der Waals surface area contributed by atoms with Crippen molar-refractivity contribution < 1.29 is 33.2 Å². The van der Waals surface area contributed by atoms with Crippen molar-refractivity contribution in [2.75, 3.05) is 42.2 Å². The summed E-state index contributed by atoms with van der Waals surface area (Å²) in [6.07, 6.45) is 1.69. The van der Waals surface area contributed by atoms with E-state index in [-0.39, 0.29) is 18.1 Å². The van der Waals surface area contributed by atoms with Gasteiger partial charge in [-0.25, -0.2) is 0 Å². The van der Waals surface area contributed by atoms with E-state index < -0.39 is 0 Å². The van der Waals surface area contributed by atoms with Crippen molar-refractivity contribution in [3.8, 4) is 34.5 Å². The Balaban J connectivity index is 0.00000113. The fourth-order valence-electron chi connectivity index (χ4n) is 3.01. The fourth-order valence-corrected chi connectivity index (χ4v) is 3.01. The van der Waals surface area contributed by atoms with Crippen LogP contribution in [0.2, 0.25) is 0 Å². The zero-order valence-electron chi connectivity index (χ0n) is 19.0. The van der Waals surface area contributed by atoms with E-state index in [1.54, 1.807) is 30.3 Å². The smallest absolute Gasteiger partial charge is 0.207 e. The van der Waals surface area contributed by atoms with Gasteiger partial charge in [-0.1, -0.05) is 19.9 Å². The number of fused-ring (bicyclic) bond motifs is 1. The number of phenolic OH excluding ortho intramolecular Hbond substituents is 1. The molecule has 0 saturated carbocycles. The molecule has 1 aliphatic heterocycles. The van der Waals surface area contributed by atoms with Gasteiger partial charge in [0.05, 0.1) is 41.3 Å². The van der Waals surface area contributed by atoms with Crippen LogP contribution in [0.3, 0.4) is 0 Å². The van der Waals surface area contributed by atoms with Gasteiger partial charge in [0, 0.05) is 5.56 Å². The van der Waals surface area contributed by atoms with E-state index in [0.29, 0.717) is 52.6 Å². The van der Waals surface area contributed by atoms with Gasteiger partial charge in [-0.05, 0) is 35.4 Å². The molecule has 0 unspecified atom stereocenters. The molecule has 8 heteroatoms. The lowest BCUT2D eigenvalue weighted by Gasteiger charge is -2.19. The second-order valence-corrected chi connectivity index (χ2v) is 5.78. The summed E-state index contributed by atoms with van der Waals surface area (Å²) in [4.78, 5) is 0. The second-order valence-electron chi connectivity index (χ2n) is 5.78. The Morgan fingerprint density at radius 2 is 1.52 bits per heavy atom. The molecular weight excluding hydrogens is 405 g/mol. The number of methoxy groups -OCH3 is 4. The van der Waals surface area contributed by atoms with Crippen LogP contribution < -0.4 is 23.7 Å². The minimum absolute atomic E-state index is 0.00147. The molecule has 7 nitrogen and oxygen atoms in total. The first-order valence-electron chi connectivity index (χ1n) is 9.54. The van der Waals surface area contributed by atoms with E-state index >= 15 is 0 Å². The number of alkyl halides is 1. The summed E-state index contributed by atoms with van der Waals surface area (Å²) in [5, 5.41) is 18.3. The molecule has 0 aliphatic carbocycles. The summed E-state index contributed by atoms with van der Waals surface area (Å²) in [6.45, 7) is 4.07. The molecule has 0 atom stereocenters. The van der Waals surface area contributed by atoms with Crippen LogP contribution in [0.15, 0.2) is 30.3 Å². The lowest BCUT2D eigenvalue weighted by atomic mass is 9.95. The number of aromatic hydroxyl groups is 1. The van der Waals surface area contributed by atoms with Crippen LogP contribution in [0, 0.1) is 5.41 Å². The minimum Gasteiger partial charge on any atom is -0.504 e. The van der Waals surface area contributed by atoms with Gasteiger partial charge in [0.2, 0.25) is 11.5 Å². The average molecular weight is 435 g/mol. The third-order valence-corrected chi connectivity index (χ3v) is 4.26. The number of halogens is 1. The number of ether oxygens (including phenoxy) is 5. The van der Waals surface area contributed by atoms with Crippen LogP contribution in [0.1, 0.15) is 25.0 Å². The van der Waals surface area contributed by atoms with Crippen molar-refractivity contribution >= 4 is 11.3 Å². The highest BCUT2D eigenvalue weighted by atomic mass is 19.1. The Kier molecular flexibility index (Phi) is 10.2. The molecular formula is C23H30FNO6. The first-order chi connectivity index (χ1) is 15.0. The zero-order valence-corrected chi connectivity index (χ0v) is 19.0. The maximum Gasteiger partial charge on any atom is 0.207 e. The van der Waals surface area contributed by atoms with Gasteiger partial charge in [-0.2, -0.15) is 0 Å². The van der Waals surface area contributed by atoms with E-state index in [2.05, 4.69) is 0 Å². The zero-order chi connectivity index (χ0) is 23.6. The molecule has 0 fully saturated rings. The normalized spacial score (nSPS) is 11.7. The summed E-state index contributed by atoms with van der Waals surface area (Å²) in [5.41, 5.74) is 2.32. The Labute approximate surface area is 182 Å². The van der Waals surface area contributed by atoms with Crippen molar-refractivity contribution in [1.29, 1.82) is 5.41 Å². The molecule has 1 aliphatic rings. The number of hydrogen-bond acceptors (Lipinski definition) is 7. The molecule has 0 bridgehead atoms. The fraction of sp³-hybridized carbons (Fsp3) is 0.348. The van der Waals surface area contributed by atoms with E-state index in [9.17, 15) is 9.50 Å². The van der Waals surface area contributed by atoms with Crippen molar-refractivity contribution in [3.05, 3.63) is 41.5 Å². The van der Waals surface area contributed by atoms with Gasteiger partial charge in [-0.3, -0.25) is 4.39 Å². The van der Waals surface area contributed by atoms with Gasteiger partial charge < -0.3 is 34.2 Å². The Morgan fingerprint density at radius 3 is 2.03 bits per heavy atom. The van der Waals surface area contributed by atoms with Gasteiger partial charge in [0.25, 0.3) is 0 Å². The minimum atomic E-state index is 0.00147. The Hall–Kier alpha value is -3.42. The largest absolute Gasteiger partial charge is 0.504 e. The number of rotatable bonds is 5. The molecule has 2 aromatic rings. The summed E-state index contributed by atoms with van der Waals surface area (Å²) in [7, 11) is 6.55. The van der Waals surface area contributed by atoms with Gasteiger partial charge in [0.1, 0.15) is 6.61 Å². The van der Waals surface area contributed by atoms with Gasteiger partial charge >= 0.3 is 0 Å². The van der Waals surface area contributed by atoms with E-state index in [1.807, 2.05) is 13.8 Å². The monoisotopic (exact) mass is 435 g/mol. The topological polar surface area (TPSA) is 90.2 Å². The highest BCUT2D eigenvalue weighted by Gasteiger charge is 2.27. The Bertz CT molecular complexity index is 927. The summed E-state index contributed by atoms with van der Waals surface area (Å²) in [5.74, 6) is 2.06. The maximum atomic E-state index is 10.2. The molecule has 1 heterocycles. The summed E-state index contributed by atoms with van der Waals surface area (Å²) >= 11 is 0. The van der Waals surface area contributed by atoms with Crippen LogP contribution >= 0.6 is 0 Å². The SMILES string of the molecule is CC.CF.COc1ccc(C2=CC(=N)COc3c2cc(OC)c(OC)c3OC)cc1O. The van der Waals surface area contributed by atoms with Gasteiger partial charge in [0.15, 0.2) is 23.0 Å². The summed E-state index contributed by atoms with van der Waals surface area (Å²) in [6, 6.07) is 6.81. The lowest BCUT2D eigenvalue weighted by Crippen LogP contribution is -2.07. The van der Waals surface area contributed by atoms with Crippen LogP contribution in [0.5, 0.6) is 34.5 Å². The van der Waals surface area contributed by atoms with E-state index in [4.69, 9.17) is 29.1 Å². The highest BCUT2D eigenvalue weighted by Crippen LogP contribution is 2.50. The molecule has 0 amide bonds. The first kappa shape index (κ1) is 25.6. The van der Waals surface area contributed by atoms with Crippen LogP contribution in [0.25, 0.3) is 5.57 Å². The van der Waals surface area contributed by atoms with E-state index in [0.717, 1.165) is 0 Å². The third kappa shape index (κ3) is 5.39. The van der Waals surface area contributed by atoms with Crippen LogP contribution in [0.4, 0.5) is 4.39 Å². The molecule has 0 saturated heterocycles. The quantitative estimate of drug-likeness (QED) is 0.696. The van der Waals surface area contributed by atoms with Crippen molar-refractivity contribution in [3.63, 3.8) is 0 Å². The summed E-state index contributed by atoms with van der Waals surface area (Å²) < 4.78 is 36.8. The molecule has 170 valence electrons. The lowest BCUT2D eigenvalue weighted by molar-refractivity contribution is 0.298. The first-order valence-corrected chi connectivity index (χ1v) is 9.54. The molecule has 2 N–H and O–H groups in total. The highest BCUT2D eigenvalue weighted by molar-refractivity contribution is 6.05. The maximum absolute atomic E-state index is 10.2. The molecule has 31 heavy (non-hydrogen) atoms. The Morgan fingerprint density at radius 1 is 0.903 bits per heavy atom. The number of hydrogen-bond donors (Lipinski definition) is 2. The number of benzene rings is 2. The molecule has 2 aromatic carbocycles. The molecule has 0 spiro atoms. The third-order valence-electron chi connectivity index (χ3n) is 4.26. The van der Waals surface area contributed by atoms with Gasteiger partial charge in [-0.15, -0.1) is 0 Å². The average Bonchev–Trinajstić information content (AvgIpc) is 2.98. The molecule has 0 radical (unpaired) electrons. The van der Waals surface area contributed by atoms with Crippen LogP contribution in [-0.2, 0) is 0 Å². The van der Waals surface area contributed by atoms with E-state index in [1.165, 1.54) is 28.4 Å². The number of nitrogens with one attached hydrogen (secondary N) is 1. The number of phenols is 1. The standard InChI is InChI=1S/C20H21NO6.C2H6.CH3F/c1-23-16-6-5-11(7-15(16)22)13-8-12(21)10-27-18-14(13)9-17(24-2)19(25-3)20(18)26-4;2*1-2/h5-9,21-22H,10H2,1-4H3;1-2H3;1H3. The van der Waals surface area contributed by atoms with Crippen LogP contribution in [-0.4, -0.2) is 53.0 Å². The molecule has 0 aromatic heterocycles.